The summed E-state index contributed by atoms with van der Waals surface area (Å²) in [6, 6.07) is 13.6. The predicted molar refractivity (Wildman–Crippen MR) is 101 cm³/mol. The molecule has 0 saturated carbocycles. The van der Waals surface area contributed by atoms with Gasteiger partial charge in [-0.3, -0.25) is 4.79 Å². The molecule has 0 fully saturated rings. The number of aromatic nitrogens is 2. The van der Waals surface area contributed by atoms with Crippen LogP contribution in [0.1, 0.15) is 11.3 Å². The van der Waals surface area contributed by atoms with E-state index in [9.17, 15) is 9.18 Å². The maximum atomic E-state index is 13.8. The highest BCUT2D eigenvalue weighted by Gasteiger charge is 2.12. The number of nitrogens with one attached hydrogen (secondary N) is 1. The molecule has 7 heteroatoms. The van der Waals surface area contributed by atoms with Crippen LogP contribution in [0.2, 0.25) is 5.02 Å². The van der Waals surface area contributed by atoms with Gasteiger partial charge in [-0.15, -0.1) is 0 Å². The smallest absolute Gasteiger partial charge is 0.224 e. The van der Waals surface area contributed by atoms with Crippen LogP contribution in [0.25, 0.3) is 11.3 Å². The van der Waals surface area contributed by atoms with Crippen LogP contribution in [0.4, 0.5) is 4.39 Å². The van der Waals surface area contributed by atoms with Crippen LogP contribution in [-0.4, -0.2) is 23.0 Å². The highest BCUT2D eigenvalue weighted by molar-refractivity contribution is 6.31. The Labute approximate surface area is 161 Å². The fourth-order valence-electron chi connectivity index (χ4n) is 2.53. The average Bonchev–Trinajstić information content (AvgIpc) is 2.69. The van der Waals surface area contributed by atoms with Crippen LogP contribution in [0, 0.1) is 5.82 Å². The summed E-state index contributed by atoms with van der Waals surface area (Å²) in [5.74, 6) is -0.0832. The number of benzene rings is 2. The van der Waals surface area contributed by atoms with Crippen molar-refractivity contribution in [2.45, 2.75) is 13.0 Å². The van der Waals surface area contributed by atoms with E-state index >= 15 is 0 Å². The van der Waals surface area contributed by atoms with Crippen molar-refractivity contribution in [2.75, 3.05) is 7.11 Å². The summed E-state index contributed by atoms with van der Waals surface area (Å²) >= 11 is 5.95. The molecule has 1 aromatic heterocycles. The number of hydrogen-bond donors (Lipinski definition) is 1. The summed E-state index contributed by atoms with van der Waals surface area (Å²) in [7, 11) is 1.61. The van der Waals surface area contributed by atoms with Crippen LogP contribution in [0.15, 0.2) is 54.9 Å². The SMILES string of the molecule is COc1ccc(-c2cc(CNC(=O)Cc3c(F)cccc3Cl)ncn2)cc1. The molecule has 3 aromatic rings. The molecule has 1 N–H and O–H groups in total. The van der Waals surface area contributed by atoms with Gasteiger partial charge in [0.2, 0.25) is 5.91 Å². The minimum atomic E-state index is -0.499. The third-order valence-corrected chi connectivity index (χ3v) is 4.33. The molecule has 27 heavy (non-hydrogen) atoms. The lowest BCUT2D eigenvalue weighted by molar-refractivity contribution is -0.120. The molecule has 1 amide bonds. The number of rotatable bonds is 6. The Morgan fingerprint density at radius 1 is 1.19 bits per heavy atom. The first-order valence-electron chi connectivity index (χ1n) is 8.22. The van der Waals surface area contributed by atoms with Crippen molar-refractivity contribution in [1.82, 2.24) is 15.3 Å². The second-order valence-corrected chi connectivity index (χ2v) is 6.18. The molecule has 2 aromatic carbocycles. The monoisotopic (exact) mass is 385 g/mol. The number of carbonyl (C=O) groups is 1. The molecule has 138 valence electrons. The summed E-state index contributed by atoms with van der Waals surface area (Å²) in [6.45, 7) is 0.205. The van der Waals surface area contributed by atoms with Crippen molar-refractivity contribution in [3.63, 3.8) is 0 Å². The first kappa shape index (κ1) is 18.8. The van der Waals surface area contributed by atoms with Gasteiger partial charge < -0.3 is 10.1 Å². The van der Waals surface area contributed by atoms with E-state index in [4.69, 9.17) is 16.3 Å². The van der Waals surface area contributed by atoms with Crippen molar-refractivity contribution in [3.8, 4) is 17.0 Å². The maximum Gasteiger partial charge on any atom is 0.224 e. The van der Waals surface area contributed by atoms with Gasteiger partial charge in [0.05, 0.1) is 31.5 Å². The lowest BCUT2D eigenvalue weighted by atomic mass is 10.1. The molecule has 0 radical (unpaired) electrons. The molecule has 1 heterocycles. The normalized spacial score (nSPS) is 10.5. The standard InChI is InChI=1S/C20H17ClFN3O2/c1-27-15-7-5-13(6-8-15)19-9-14(24-12-25-19)11-23-20(26)10-16-17(21)3-2-4-18(16)22/h2-9,12H,10-11H2,1H3,(H,23,26). The van der Waals surface area contributed by atoms with Gasteiger partial charge >= 0.3 is 0 Å². The third kappa shape index (κ3) is 4.80. The van der Waals surface area contributed by atoms with E-state index in [0.717, 1.165) is 17.0 Å². The van der Waals surface area contributed by atoms with Crippen molar-refractivity contribution < 1.29 is 13.9 Å². The lowest BCUT2D eigenvalue weighted by Gasteiger charge is -2.08. The number of methoxy groups -OCH3 is 1. The fraction of sp³-hybridized carbons (Fsp3) is 0.150. The quantitative estimate of drug-likeness (QED) is 0.701. The van der Waals surface area contributed by atoms with E-state index in [2.05, 4.69) is 15.3 Å². The van der Waals surface area contributed by atoms with Crippen LogP contribution >= 0.6 is 11.6 Å². The fourth-order valence-corrected chi connectivity index (χ4v) is 2.76. The molecule has 0 aliphatic rings. The lowest BCUT2D eigenvalue weighted by Crippen LogP contribution is -2.25. The summed E-state index contributed by atoms with van der Waals surface area (Å²) in [5, 5.41) is 2.95. The zero-order valence-electron chi connectivity index (χ0n) is 14.6. The Kier molecular flexibility index (Phi) is 5.98. The Bertz CT molecular complexity index is 928. The minimum absolute atomic E-state index is 0.137. The van der Waals surface area contributed by atoms with Gasteiger partial charge in [0.15, 0.2) is 0 Å². The number of halogens is 2. The summed E-state index contributed by atoms with van der Waals surface area (Å²) < 4.78 is 18.9. The Morgan fingerprint density at radius 2 is 1.96 bits per heavy atom. The zero-order chi connectivity index (χ0) is 19.2. The topological polar surface area (TPSA) is 64.1 Å². The Hall–Kier alpha value is -2.99. The number of nitrogens with zero attached hydrogens (tertiary/aromatic N) is 2. The van der Waals surface area contributed by atoms with Gasteiger partial charge in [-0.2, -0.15) is 0 Å². The van der Waals surface area contributed by atoms with Crippen LogP contribution in [-0.2, 0) is 17.8 Å². The van der Waals surface area contributed by atoms with E-state index in [1.807, 2.05) is 24.3 Å². The van der Waals surface area contributed by atoms with E-state index in [-0.39, 0.29) is 29.5 Å². The summed E-state index contributed by atoms with van der Waals surface area (Å²) in [4.78, 5) is 20.5. The van der Waals surface area contributed by atoms with Gasteiger partial charge in [0, 0.05) is 16.1 Å². The highest BCUT2D eigenvalue weighted by atomic mass is 35.5. The second-order valence-electron chi connectivity index (χ2n) is 5.78. The van der Waals surface area contributed by atoms with Gasteiger partial charge in [-0.1, -0.05) is 17.7 Å². The molecular weight excluding hydrogens is 369 g/mol. The molecule has 0 aliphatic carbocycles. The van der Waals surface area contributed by atoms with E-state index in [1.165, 1.54) is 18.5 Å². The molecule has 0 spiro atoms. The van der Waals surface area contributed by atoms with Crippen molar-refractivity contribution >= 4 is 17.5 Å². The maximum absolute atomic E-state index is 13.8. The van der Waals surface area contributed by atoms with Gasteiger partial charge in [-0.05, 0) is 42.5 Å². The molecule has 3 rings (SSSR count). The summed E-state index contributed by atoms with van der Waals surface area (Å²) in [6.07, 6.45) is 1.30. The first-order chi connectivity index (χ1) is 13.1. The average molecular weight is 386 g/mol. The molecule has 0 unspecified atom stereocenters. The number of carbonyl (C=O) groups excluding carboxylic acids is 1. The third-order valence-electron chi connectivity index (χ3n) is 3.98. The highest BCUT2D eigenvalue weighted by Crippen LogP contribution is 2.21. The van der Waals surface area contributed by atoms with E-state index in [0.29, 0.717) is 5.69 Å². The molecule has 0 bridgehead atoms. The van der Waals surface area contributed by atoms with Crippen LogP contribution in [0.3, 0.4) is 0 Å². The number of ether oxygens (including phenoxy) is 1. The van der Waals surface area contributed by atoms with Crippen LogP contribution < -0.4 is 10.1 Å². The second kappa shape index (κ2) is 8.60. The largest absolute Gasteiger partial charge is 0.497 e. The zero-order valence-corrected chi connectivity index (χ0v) is 15.3. The van der Waals surface area contributed by atoms with Crippen LogP contribution in [0.5, 0.6) is 5.75 Å². The van der Waals surface area contributed by atoms with Gasteiger partial charge in [0.1, 0.15) is 17.9 Å². The molecule has 5 nitrogen and oxygen atoms in total. The predicted octanol–water partition coefficient (Wildman–Crippen LogP) is 3.80. The summed E-state index contributed by atoms with van der Waals surface area (Å²) in [5.41, 5.74) is 2.46. The van der Waals surface area contributed by atoms with E-state index in [1.54, 1.807) is 19.2 Å². The van der Waals surface area contributed by atoms with Crippen molar-refractivity contribution in [3.05, 3.63) is 77.0 Å². The molecule has 0 aliphatic heterocycles. The van der Waals surface area contributed by atoms with Crippen molar-refractivity contribution in [1.29, 1.82) is 0 Å². The molecule has 0 atom stereocenters. The van der Waals surface area contributed by atoms with Crippen molar-refractivity contribution in [2.24, 2.45) is 0 Å². The van der Waals surface area contributed by atoms with Gasteiger partial charge in [0.25, 0.3) is 0 Å². The number of amides is 1. The Balaban J connectivity index is 1.65. The molecule has 0 saturated heterocycles. The Morgan fingerprint density at radius 3 is 2.67 bits per heavy atom. The molecular formula is C20H17ClFN3O2. The first-order valence-corrected chi connectivity index (χ1v) is 8.59. The number of hydrogen-bond acceptors (Lipinski definition) is 4. The minimum Gasteiger partial charge on any atom is -0.497 e. The van der Waals surface area contributed by atoms with E-state index < -0.39 is 5.82 Å². The van der Waals surface area contributed by atoms with Gasteiger partial charge in [-0.25, -0.2) is 14.4 Å².